The van der Waals surface area contributed by atoms with Crippen molar-refractivity contribution in [1.29, 1.82) is 0 Å². The highest BCUT2D eigenvalue weighted by Gasteiger charge is 2.21. The van der Waals surface area contributed by atoms with Gasteiger partial charge < -0.3 is 11.5 Å². The maximum atomic E-state index is 6.26. The van der Waals surface area contributed by atoms with Gasteiger partial charge in [-0.05, 0) is 102 Å². The summed E-state index contributed by atoms with van der Waals surface area (Å²) in [5, 5.41) is 0. The number of aryl methyl sites for hydroxylation is 2. The maximum Gasteiger partial charge on any atom is 0.0316 e. The van der Waals surface area contributed by atoms with E-state index in [0.717, 1.165) is 11.4 Å². The van der Waals surface area contributed by atoms with Crippen LogP contribution < -0.4 is 11.5 Å². The molecule has 0 aromatic heterocycles. The van der Waals surface area contributed by atoms with Crippen LogP contribution in [0.25, 0.3) is 0 Å². The van der Waals surface area contributed by atoms with E-state index >= 15 is 0 Å². The van der Waals surface area contributed by atoms with E-state index in [1.54, 1.807) is 0 Å². The van der Waals surface area contributed by atoms with Gasteiger partial charge in [-0.15, -0.1) is 0 Å². The van der Waals surface area contributed by atoms with Crippen LogP contribution in [0.15, 0.2) is 84.9 Å². The fraction of sp³-hybridized carbons (Fsp3) is 0.586. The van der Waals surface area contributed by atoms with Crippen molar-refractivity contribution in [2.45, 2.75) is 219 Å². The van der Waals surface area contributed by atoms with Crippen molar-refractivity contribution < 1.29 is 0 Å². The summed E-state index contributed by atoms with van der Waals surface area (Å²) in [6.07, 6.45) is 34.6. The Bertz CT molecular complexity index is 1580. The standard InChI is InChI=1S/C58H88N2/c1-6-9-12-15-18-21-24-27-30-57(54-42-40-52(59)44-46(54)4)50-36-32-48(33-37-50)56(29-26-23-20-17-14-11-8-3)49-34-38-51(39-35-49)58(55-43-41-53(60)45-47(55)5)31-28-25-22-19-16-13-10-7-2/h32-45,56-58H,6-31,59-60H2,1-5H3. The van der Waals surface area contributed by atoms with Crippen LogP contribution in [0.4, 0.5) is 11.4 Å². The molecule has 2 nitrogen and oxygen atoms in total. The molecule has 60 heavy (non-hydrogen) atoms. The van der Waals surface area contributed by atoms with Gasteiger partial charge >= 0.3 is 0 Å². The van der Waals surface area contributed by atoms with Crippen molar-refractivity contribution in [3.63, 3.8) is 0 Å². The second-order valence-corrected chi connectivity index (χ2v) is 18.7. The predicted molar refractivity (Wildman–Crippen MR) is 267 cm³/mol. The summed E-state index contributed by atoms with van der Waals surface area (Å²) in [4.78, 5) is 0. The van der Waals surface area contributed by atoms with Gasteiger partial charge in [-0.1, -0.05) is 229 Å². The normalized spacial score (nSPS) is 13.1. The fourth-order valence-electron chi connectivity index (χ4n) is 9.90. The minimum atomic E-state index is 0.399. The minimum absolute atomic E-state index is 0.399. The number of rotatable bonds is 32. The molecule has 330 valence electrons. The molecule has 2 heteroatoms. The highest BCUT2D eigenvalue weighted by atomic mass is 14.5. The number of anilines is 2. The first-order valence-electron chi connectivity index (χ1n) is 25.3. The van der Waals surface area contributed by atoms with Crippen molar-refractivity contribution in [3.8, 4) is 0 Å². The Hall–Kier alpha value is -3.52. The first-order chi connectivity index (χ1) is 29.4. The highest BCUT2D eigenvalue weighted by molar-refractivity contribution is 5.50. The van der Waals surface area contributed by atoms with Crippen LogP contribution >= 0.6 is 0 Å². The van der Waals surface area contributed by atoms with E-state index in [2.05, 4.69) is 120 Å². The molecule has 0 aliphatic rings. The number of hydrogen-bond acceptors (Lipinski definition) is 2. The summed E-state index contributed by atoms with van der Waals surface area (Å²) in [6.45, 7) is 11.4. The summed E-state index contributed by atoms with van der Waals surface area (Å²) in [5.74, 6) is 1.20. The van der Waals surface area contributed by atoms with Crippen LogP contribution in [-0.4, -0.2) is 0 Å². The second-order valence-electron chi connectivity index (χ2n) is 18.7. The van der Waals surface area contributed by atoms with E-state index in [1.165, 1.54) is 211 Å². The lowest BCUT2D eigenvalue weighted by molar-refractivity contribution is 0.550. The average molecular weight is 813 g/mol. The van der Waals surface area contributed by atoms with E-state index < -0.39 is 0 Å². The van der Waals surface area contributed by atoms with E-state index in [4.69, 9.17) is 11.5 Å². The molecule has 0 spiro atoms. The molecule has 4 aromatic rings. The molecule has 0 aliphatic heterocycles. The molecule has 0 aliphatic carbocycles. The zero-order chi connectivity index (χ0) is 42.8. The molecule has 2 unspecified atom stereocenters. The lowest BCUT2D eigenvalue weighted by Gasteiger charge is -2.24. The number of nitrogens with two attached hydrogens (primary N) is 2. The summed E-state index contributed by atoms with van der Waals surface area (Å²) >= 11 is 0. The Kier molecular flexibility index (Phi) is 23.7. The highest BCUT2D eigenvalue weighted by Crippen LogP contribution is 2.38. The monoisotopic (exact) mass is 813 g/mol. The smallest absolute Gasteiger partial charge is 0.0316 e. The molecule has 0 amide bonds. The number of hydrogen-bond donors (Lipinski definition) is 2. The molecule has 0 saturated heterocycles. The zero-order valence-electron chi connectivity index (χ0n) is 39.4. The second kappa shape index (κ2) is 28.9. The topological polar surface area (TPSA) is 52.0 Å². The molecule has 0 heterocycles. The lowest BCUT2D eigenvalue weighted by Crippen LogP contribution is -2.07. The Labute approximate surface area is 370 Å². The van der Waals surface area contributed by atoms with Crippen LogP contribution in [0.2, 0.25) is 0 Å². The Morgan fingerprint density at radius 3 is 0.850 bits per heavy atom. The van der Waals surface area contributed by atoms with Crippen molar-refractivity contribution in [2.24, 2.45) is 0 Å². The van der Waals surface area contributed by atoms with Gasteiger partial charge in [0, 0.05) is 29.1 Å². The van der Waals surface area contributed by atoms with Gasteiger partial charge in [0.2, 0.25) is 0 Å². The molecule has 4 aromatic carbocycles. The molecule has 0 saturated carbocycles. The van der Waals surface area contributed by atoms with Gasteiger partial charge in [0.05, 0.1) is 0 Å². The van der Waals surface area contributed by atoms with E-state index in [0.29, 0.717) is 17.8 Å². The average Bonchev–Trinajstić information content (AvgIpc) is 3.25. The van der Waals surface area contributed by atoms with E-state index in [-0.39, 0.29) is 0 Å². The number of nitrogen functional groups attached to an aromatic ring is 2. The maximum absolute atomic E-state index is 6.26. The number of benzene rings is 4. The summed E-state index contributed by atoms with van der Waals surface area (Å²) in [7, 11) is 0. The quantitative estimate of drug-likeness (QED) is 0.0381. The first-order valence-corrected chi connectivity index (χ1v) is 25.3. The van der Waals surface area contributed by atoms with Gasteiger partial charge in [0.1, 0.15) is 0 Å². The van der Waals surface area contributed by atoms with Gasteiger partial charge in [0.25, 0.3) is 0 Å². The van der Waals surface area contributed by atoms with Crippen molar-refractivity contribution in [1.82, 2.24) is 0 Å². The van der Waals surface area contributed by atoms with E-state index in [1.807, 2.05) is 0 Å². The molecule has 0 radical (unpaired) electrons. The molecule has 4 N–H and O–H groups in total. The third kappa shape index (κ3) is 17.1. The van der Waals surface area contributed by atoms with Crippen LogP contribution in [0, 0.1) is 13.8 Å². The minimum Gasteiger partial charge on any atom is -0.399 e. The van der Waals surface area contributed by atoms with Crippen molar-refractivity contribution >= 4 is 11.4 Å². The SMILES string of the molecule is CCCCCCCCCCC(c1ccc(C(CCCCCCCCC)c2ccc(C(CCCCCCCCCC)c3ccc(N)cc3C)cc2)cc1)c1ccc(N)cc1C. The van der Waals surface area contributed by atoms with Gasteiger partial charge in [0.15, 0.2) is 0 Å². The first kappa shape index (κ1) is 49.1. The summed E-state index contributed by atoms with van der Waals surface area (Å²) in [6, 6.07) is 32.9. The molecular formula is C58H88N2. The fourth-order valence-corrected chi connectivity index (χ4v) is 9.90. The largest absolute Gasteiger partial charge is 0.399 e. The lowest BCUT2D eigenvalue weighted by atomic mass is 9.80. The molecule has 4 rings (SSSR count). The summed E-state index contributed by atoms with van der Waals surface area (Å²) in [5.41, 5.74) is 25.6. The number of unbranched alkanes of at least 4 members (excludes halogenated alkanes) is 20. The summed E-state index contributed by atoms with van der Waals surface area (Å²) < 4.78 is 0. The van der Waals surface area contributed by atoms with E-state index in [9.17, 15) is 0 Å². The van der Waals surface area contributed by atoms with Crippen LogP contribution in [-0.2, 0) is 0 Å². The molecule has 0 fully saturated rings. The zero-order valence-corrected chi connectivity index (χ0v) is 39.4. The van der Waals surface area contributed by atoms with Crippen LogP contribution in [0.3, 0.4) is 0 Å². The molecule has 0 bridgehead atoms. The Morgan fingerprint density at radius 2 is 0.567 bits per heavy atom. The third-order valence-corrected chi connectivity index (χ3v) is 13.6. The van der Waals surface area contributed by atoms with Crippen molar-refractivity contribution in [3.05, 3.63) is 129 Å². The van der Waals surface area contributed by atoms with Gasteiger partial charge in [-0.25, -0.2) is 0 Å². The predicted octanol–water partition coefficient (Wildman–Crippen LogP) is 18.1. The third-order valence-electron chi connectivity index (χ3n) is 13.6. The van der Waals surface area contributed by atoms with Crippen molar-refractivity contribution in [2.75, 3.05) is 11.5 Å². The Morgan fingerprint density at radius 1 is 0.317 bits per heavy atom. The molecule has 2 atom stereocenters. The van der Waals surface area contributed by atoms with Gasteiger partial charge in [-0.3, -0.25) is 0 Å². The Balaban J connectivity index is 1.55. The van der Waals surface area contributed by atoms with Gasteiger partial charge in [-0.2, -0.15) is 0 Å². The molecular weight excluding hydrogens is 725 g/mol. The van der Waals surface area contributed by atoms with Crippen LogP contribution in [0.5, 0.6) is 0 Å². The van der Waals surface area contributed by atoms with Crippen LogP contribution in [0.1, 0.15) is 250 Å².